The van der Waals surface area contributed by atoms with Crippen molar-refractivity contribution in [1.29, 1.82) is 0 Å². The fourth-order valence-corrected chi connectivity index (χ4v) is 1.75. The monoisotopic (exact) mass is 209 g/mol. The number of aryl methyl sites for hydroxylation is 1. The first-order chi connectivity index (χ1) is 5.84. The summed E-state index contributed by atoms with van der Waals surface area (Å²) in [6.07, 6.45) is -4.49. The van der Waals surface area contributed by atoms with Gasteiger partial charge in [0.15, 0.2) is 5.78 Å². The molecule has 0 radical (unpaired) electrons. The fraction of sp³-hybridized carbons (Fsp3) is 0.429. The van der Waals surface area contributed by atoms with Crippen LogP contribution in [-0.2, 0) is 6.18 Å². The molecule has 0 saturated carbocycles. The largest absolute Gasteiger partial charge is 0.419 e. The van der Waals surface area contributed by atoms with Crippen molar-refractivity contribution in [3.63, 3.8) is 0 Å². The second-order valence-corrected chi connectivity index (χ2v) is 3.30. The van der Waals surface area contributed by atoms with Gasteiger partial charge in [-0.05, 0) is 18.5 Å². The lowest BCUT2D eigenvalue weighted by molar-refractivity contribution is -0.138. The molecule has 0 fully saturated rings. The lowest BCUT2D eigenvalue weighted by Gasteiger charge is -2.05. The number of ketones is 1. The van der Waals surface area contributed by atoms with Crippen molar-refractivity contribution < 1.29 is 18.0 Å². The number of aromatic nitrogens is 1. The Labute approximate surface area is 76.6 Å². The molecule has 0 aliphatic carbocycles. The summed E-state index contributed by atoms with van der Waals surface area (Å²) in [5, 5.41) is 0. The summed E-state index contributed by atoms with van der Waals surface area (Å²) in [5.41, 5.74) is -1.03. The number of carbonyl (C=O) groups excluding carboxylic acids is 1. The average Bonchev–Trinajstić information content (AvgIpc) is 2.28. The van der Waals surface area contributed by atoms with Gasteiger partial charge < -0.3 is 0 Å². The Kier molecular flexibility index (Phi) is 2.42. The van der Waals surface area contributed by atoms with E-state index in [-0.39, 0.29) is 10.6 Å². The molecule has 1 rings (SSSR count). The number of Topliss-reactive ketones (excluding diaryl/α,β-unsaturated/α-hetero) is 1. The lowest BCUT2D eigenvalue weighted by Crippen LogP contribution is -2.10. The highest BCUT2D eigenvalue weighted by Gasteiger charge is 2.38. The minimum atomic E-state index is -4.49. The molecule has 1 heterocycles. The quantitative estimate of drug-likeness (QED) is 0.665. The van der Waals surface area contributed by atoms with Gasteiger partial charge in [-0.15, -0.1) is 0 Å². The number of nitrogens with zero attached hydrogens (tertiary/aromatic N) is 1. The van der Waals surface area contributed by atoms with Crippen LogP contribution in [0.3, 0.4) is 0 Å². The number of rotatable bonds is 1. The minimum absolute atomic E-state index is 0.136. The molecular weight excluding hydrogens is 203 g/mol. The zero-order valence-corrected chi connectivity index (χ0v) is 7.71. The standard InChI is InChI=1S/C7H6F3NOS/c1-3-5(7(8,9)10)6(4(2)12)13-11-3/h1-2H3. The third-order valence-electron chi connectivity index (χ3n) is 1.47. The molecule has 72 valence electrons. The van der Waals surface area contributed by atoms with Gasteiger partial charge in [-0.1, -0.05) is 0 Å². The van der Waals surface area contributed by atoms with Gasteiger partial charge in [-0.25, -0.2) is 0 Å². The number of halogens is 3. The van der Waals surface area contributed by atoms with Crippen molar-refractivity contribution in [3.05, 3.63) is 16.1 Å². The predicted molar refractivity (Wildman–Crippen MR) is 41.9 cm³/mol. The average molecular weight is 209 g/mol. The lowest BCUT2D eigenvalue weighted by atomic mass is 10.1. The van der Waals surface area contributed by atoms with Crippen LogP contribution in [0.1, 0.15) is 27.9 Å². The van der Waals surface area contributed by atoms with Crippen molar-refractivity contribution in [2.45, 2.75) is 20.0 Å². The van der Waals surface area contributed by atoms with Gasteiger partial charge >= 0.3 is 6.18 Å². The third kappa shape index (κ3) is 1.88. The summed E-state index contributed by atoms with van der Waals surface area (Å²) < 4.78 is 40.5. The molecule has 0 amide bonds. The van der Waals surface area contributed by atoms with E-state index in [2.05, 4.69) is 4.37 Å². The maximum atomic E-state index is 12.3. The van der Waals surface area contributed by atoms with E-state index in [9.17, 15) is 18.0 Å². The van der Waals surface area contributed by atoms with Crippen molar-refractivity contribution in [2.24, 2.45) is 0 Å². The van der Waals surface area contributed by atoms with E-state index in [4.69, 9.17) is 0 Å². The third-order valence-corrected chi connectivity index (χ3v) is 2.51. The molecule has 0 bridgehead atoms. The molecule has 2 nitrogen and oxygen atoms in total. The maximum Gasteiger partial charge on any atom is 0.419 e. The zero-order valence-electron chi connectivity index (χ0n) is 6.90. The normalized spacial score (nSPS) is 11.8. The molecule has 0 spiro atoms. The van der Waals surface area contributed by atoms with Gasteiger partial charge in [0.05, 0.1) is 5.69 Å². The fourth-order valence-electron chi connectivity index (χ4n) is 0.944. The molecule has 0 aliphatic rings. The smallest absolute Gasteiger partial charge is 0.294 e. The van der Waals surface area contributed by atoms with Gasteiger partial charge in [-0.2, -0.15) is 17.5 Å². The van der Waals surface area contributed by atoms with E-state index >= 15 is 0 Å². The summed E-state index contributed by atoms with van der Waals surface area (Å²) in [7, 11) is 0. The molecular formula is C7H6F3NOS. The highest BCUT2D eigenvalue weighted by Crippen LogP contribution is 2.36. The molecule has 6 heteroatoms. The van der Waals surface area contributed by atoms with Crippen LogP contribution in [0.2, 0.25) is 0 Å². The van der Waals surface area contributed by atoms with E-state index in [1.54, 1.807) is 0 Å². The Morgan fingerprint density at radius 2 is 2.00 bits per heavy atom. The number of carbonyl (C=O) groups is 1. The summed E-state index contributed by atoms with van der Waals surface area (Å²) in [6, 6.07) is 0. The molecule has 0 saturated heterocycles. The van der Waals surface area contributed by atoms with Crippen LogP contribution in [0.5, 0.6) is 0 Å². The first kappa shape index (κ1) is 10.2. The number of hydrogen-bond acceptors (Lipinski definition) is 3. The Morgan fingerprint density at radius 1 is 1.46 bits per heavy atom. The SMILES string of the molecule is CC(=O)c1snc(C)c1C(F)(F)F. The van der Waals surface area contributed by atoms with Crippen LogP contribution >= 0.6 is 11.5 Å². The van der Waals surface area contributed by atoms with Gasteiger partial charge in [0.25, 0.3) is 0 Å². The van der Waals surface area contributed by atoms with Crippen LogP contribution in [-0.4, -0.2) is 10.2 Å². The van der Waals surface area contributed by atoms with E-state index < -0.39 is 17.5 Å². The van der Waals surface area contributed by atoms with Crippen LogP contribution in [0, 0.1) is 6.92 Å². The first-order valence-electron chi connectivity index (χ1n) is 3.38. The zero-order chi connectivity index (χ0) is 10.2. The molecule has 0 aliphatic heterocycles. The van der Waals surface area contributed by atoms with Gasteiger partial charge in [0, 0.05) is 6.92 Å². The molecule has 0 atom stereocenters. The summed E-state index contributed by atoms with van der Waals surface area (Å²) in [6.45, 7) is 2.34. The van der Waals surface area contributed by atoms with Crippen molar-refractivity contribution in [1.82, 2.24) is 4.37 Å². The van der Waals surface area contributed by atoms with Crippen LogP contribution < -0.4 is 0 Å². The Hall–Kier alpha value is -0.910. The first-order valence-corrected chi connectivity index (χ1v) is 4.15. The van der Waals surface area contributed by atoms with Gasteiger partial charge in [0.2, 0.25) is 0 Å². The van der Waals surface area contributed by atoms with E-state index in [1.165, 1.54) is 6.92 Å². The highest BCUT2D eigenvalue weighted by molar-refractivity contribution is 7.08. The van der Waals surface area contributed by atoms with Gasteiger partial charge in [-0.3, -0.25) is 4.79 Å². The topological polar surface area (TPSA) is 30.0 Å². The summed E-state index contributed by atoms with van der Waals surface area (Å²) >= 11 is 0.592. The molecule has 13 heavy (non-hydrogen) atoms. The van der Waals surface area contributed by atoms with E-state index in [0.717, 1.165) is 6.92 Å². The van der Waals surface area contributed by atoms with E-state index in [0.29, 0.717) is 11.5 Å². The molecule has 0 N–H and O–H groups in total. The summed E-state index contributed by atoms with van der Waals surface area (Å²) in [5.74, 6) is -0.599. The summed E-state index contributed by atoms with van der Waals surface area (Å²) in [4.78, 5) is 10.5. The van der Waals surface area contributed by atoms with Crippen LogP contribution in [0.25, 0.3) is 0 Å². The van der Waals surface area contributed by atoms with Crippen LogP contribution in [0.15, 0.2) is 0 Å². The Morgan fingerprint density at radius 3 is 2.31 bits per heavy atom. The van der Waals surface area contributed by atoms with Crippen molar-refractivity contribution in [2.75, 3.05) is 0 Å². The second-order valence-electron chi connectivity index (χ2n) is 2.53. The van der Waals surface area contributed by atoms with E-state index in [1.807, 2.05) is 0 Å². The minimum Gasteiger partial charge on any atom is -0.294 e. The number of alkyl halides is 3. The van der Waals surface area contributed by atoms with Crippen molar-refractivity contribution >= 4 is 17.3 Å². The molecule has 0 aromatic carbocycles. The molecule has 1 aromatic rings. The van der Waals surface area contributed by atoms with Crippen molar-refractivity contribution in [3.8, 4) is 0 Å². The second kappa shape index (κ2) is 3.10. The highest BCUT2D eigenvalue weighted by atomic mass is 32.1. The van der Waals surface area contributed by atoms with Crippen LogP contribution in [0.4, 0.5) is 13.2 Å². The Balaban J connectivity index is 3.33. The predicted octanol–water partition coefficient (Wildman–Crippen LogP) is 2.67. The maximum absolute atomic E-state index is 12.3. The molecule has 0 unspecified atom stereocenters. The van der Waals surface area contributed by atoms with Gasteiger partial charge in [0.1, 0.15) is 10.4 Å². The Bertz CT molecular complexity index is 342. The molecule has 1 aromatic heterocycles. The number of hydrogen-bond donors (Lipinski definition) is 0.